The molecule has 3 atom stereocenters. The minimum Gasteiger partial charge on any atom is -0.330 e. The number of carbonyl (C=O) groups excluding carboxylic acids is 1. The van der Waals surface area contributed by atoms with E-state index in [1.165, 1.54) is 19.3 Å². The standard InChI is InChI=1S/C12H23NO/c1-3-10-5-4-6-11(7-10)12(14)9(2)8-13/h9-11H,3-8,13H2,1-2H3. The van der Waals surface area contributed by atoms with Crippen LogP contribution in [-0.4, -0.2) is 12.3 Å². The minimum atomic E-state index is 0.0654. The summed E-state index contributed by atoms with van der Waals surface area (Å²) in [7, 11) is 0. The van der Waals surface area contributed by atoms with Crippen LogP contribution in [0.3, 0.4) is 0 Å². The van der Waals surface area contributed by atoms with Crippen LogP contribution in [0.5, 0.6) is 0 Å². The van der Waals surface area contributed by atoms with Crippen molar-refractivity contribution in [3.05, 3.63) is 0 Å². The first-order chi connectivity index (χ1) is 6.69. The van der Waals surface area contributed by atoms with Crippen molar-refractivity contribution in [1.29, 1.82) is 0 Å². The average Bonchev–Trinajstić information content (AvgIpc) is 2.27. The van der Waals surface area contributed by atoms with Crippen LogP contribution in [0, 0.1) is 17.8 Å². The maximum absolute atomic E-state index is 11.9. The van der Waals surface area contributed by atoms with Gasteiger partial charge in [-0.3, -0.25) is 4.79 Å². The zero-order valence-electron chi connectivity index (χ0n) is 9.46. The normalized spacial score (nSPS) is 29.9. The van der Waals surface area contributed by atoms with Gasteiger partial charge in [0.05, 0.1) is 0 Å². The Bertz CT molecular complexity index is 191. The summed E-state index contributed by atoms with van der Waals surface area (Å²) in [5.41, 5.74) is 5.53. The first-order valence-electron chi connectivity index (χ1n) is 5.92. The van der Waals surface area contributed by atoms with Gasteiger partial charge in [0.25, 0.3) is 0 Å². The molecule has 82 valence electrons. The van der Waals surface area contributed by atoms with Gasteiger partial charge in [0.1, 0.15) is 5.78 Å². The van der Waals surface area contributed by atoms with E-state index in [4.69, 9.17) is 5.73 Å². The maximum Gasteiger partial charge on any atom is 0.140 e. The van der Waals surface area contributed by atoms with Crippen LogP contribution in [0.2, 0.25) is 0 Å². The lowest BCUT2D eigenvalue weighted by atomic mass is 9.76. The third-order valence-corrected chi connectivity index (χ3v) is 3.60. The Labute approximate surface area is 87.2 Å². The van der Waals surface area contributed by atoms with E-state index < -0.39 is 0 Å². The van der Waals surface area contributed by atoms with Gasteiger partial charge in [-0.05, 0) is 18.8 Å². The Morgan fingerprint density at radius 1 is 1.50 bits per heavy atom. The maximum atomic E-state index is 11.9. The molecule has 0 spiro atoms. The Kier molecular flexibility index (Phi) is 4.59. The van der Waals surface area contributed by atoms with Crippen LogP contribution in [-0.2, 0) is 4.79 Å². The van der Waals surface area contributed by atoms with Crippen LogP contribution in [0.15, 0.2) is 0 Å². The van der Waals surface area contributed by atoms with Gasteiger partial charge in [0.2, 0.25) is 0 Å². The fourth-order valence-electron chi connectivity index (χ4n) is 2.44. The molecule has 0 aromatic heterocycles. The van der Waals surface area contributed by atoms with Gasteiger partial charge in [-0.25, -0.2) is 0 Å². The van der Waals surface area contributed by atoms with Gasteiger partial charge in [-0.2, -0.15) is 0 Å². The van der Waals surface area contributed by atoms with E-state index in [1.807, 2.05) is 6.92 Å². The van der Waals surface area contributed by atoms with E-state index in [-0.39, 0.29) is 5.92 Å². The van der Waals surface area contributed by atoms with Crippen molar-refractivity contribution in [3.8, 4) is 0 Å². The highest BCUT2D eigenvalue weighted by molar-refractivity contribution is 5.83. The highest BCUT2D eigenvalue weighted by Gasteiger charge is 2.28. The molecule has 2 N–H and O–H groups in total. The number of Topliss-reactive ketones (excluding diaryl/α,β-unsaturated/α-hetero) is 1. The summed E-state index contributed by atoms with van der Waals surface area (Å²) in [6, 6.07) is 0. The topological polar surface area (TPSA) is 43.1 Å². The van der Waals surface area contributed by atoms with Gasteiger partial charge < -0.3 is 5.73 Å². The molecule has 0 radical (unpaired) electrons. The number of ketones is 1. The Balaban J connectivity index is 2.47. The number of hydrogen-bond donors (Lipinski definition) is 1. The molecule has 0 aromatic rings. The highest BCUT2D eigenvalue weighted by atomic mass is 16.1. The van der Waals surface area contributed by atoms with Crippen LogP contribution in [0.4, 0.5) is 0 Å². The smallest absolute Gasteiger partial charge is 0.140 e. The highest BCUT2D eigenvalue weighted by Crippen LogP contribution is 2.32. The molecule has 0 bridgehead atoms. The van der Waals surface area contributed by atoms with E-state index in [1.54, 1.807) is 0 Å². The predicted molar refractivity (Wildman–Crippen MR) is 59.0 cm³/mol. The molecule has 1 saturated carbocycles. The summed E-state index contributed by atoms with van der Waals surface area (Å²) in [5, 5.41) is 0. The minimum absolute atomic E-state index is 0.0654. The summed E-state index contributed by atoms with van der Waals surface area (Å²) < 4.78 is 0. The zero-order valence-corrected chi connectivity index (χ0v) is 9.46. The van der Waals surface area contributed by atoms with Crippen molar-refractivity contribution in [2.45, 2.75) is 46.0 Å². The number of rotatable bonds is 4. The monoisotopic (exact) mass is 197 g/mol. The number of nitrogens with two attached hydrogens (primary N) is 1. The molecular formula is C12H23NO. The quantitative estimate of drug-likeness (QED) is 0.752. The van der Waals surface area contributed by atoms with Gasteiger partial charge >= 0.3 is 0 Å². The lowest BCUT2D eigenvalue weighted by Crippen LogP contribution is -2.30. The summed E-state index contributed by atoms with van der Waals surface area (Å²) in [6.07, 6.45) is 5.98. The molecule has 14 heavy (non-hydrogen) atoms. The summed E-state index contributed by atoms with van der Waals surface area (Å²) in [5.74, 6) is 1.57. The lowest BCUT2D eigenvalue weighted by molar-refractivity contribution is -0.127. The van der Waals surface area contributed by atoms with Crippen LogP contribution >= 0.6 is 0 Å². The second kappa shape index (κ2) is 5.50. The van der Waals surface area contributed by atoms with E-state index in [0.29, 0.717) is 18.2 Å². The van der Waals surface area contributed by atoms with Crippen molar-refractivity contribution in [3.63, 3.8) is 0 Å². The van der Waals surface area contributed by atoms with Crippen LogP contribution in [0.25, 0.3) is 0 Å². The first kappa shape index (κ1) is 11.7. The fourth-order valence-corrected chi connectivity index (χ4v) is 2.44. The third-order valence-electron chi connectivity index (χ3n) is 3.60. The summed E-state index contributed by atoms with van der Waals surface area (Å²) in [6.45, 7) is 4.69. The van der Waals surface area contributed by atoms with Gasteiger partial charge in [0.15, 0.2) is 0 Å². The molecule has 0 amide bonds. The Hall–Kier alpha value is -0.370. The average molecular weight is 197 g/mol. The molecule has 2 nitrogen and oxygen atoms in total. The molecule has 3 unspecified atom stereocenters. The predicted octanol–water partition coefficient (Wildman–Crippen LogP) is 2.37. The van der Waals surface area contributed by atoms with Crippen molar-refractivity contribution in [2.24, 2.45) is 23.5 Å². The second-order valence-corrected chi connectivity index (χ2v) is 4.68. The van der Waals surface area contributed by atoms with Gasteiger partial charge in [-0.15, -0.1) is 0 Å². The molecule has 1 aliphatic carbocycles. The van der Waals surface area contributed by atoms with Crippen molar-refractivity contribution < 1.29 is 4.79 Å². The second-order valence-electron chi connectivity index (χ2n) is 4.68. The van der Waals surface area contributed by atoms with E-state index in [2.05, 4.69) is 6.92 Å². The van der Waals surface area contributed by atoms with E-state index in [9.17, 15) is 4.79 Å². The Morgan fingerprint density at radius 2 is 2.21 bits per heavy atom. The molecule has 0 heterocycles. The van der Waals surface area contributed by atoms with Crippen molar-refractivity contribution in [1.82, 2.24) is 0 Å². The SMILES string of the molecule is CCC1CCCC(C(=O)C(C)CN)C1. The summed E-state index contributed by atoms with van der Waals surface area (Å²) >= 11 is 0. The molecule has 1 aliphatic rings. The van der Waals surface area contributed by atoms with Gasteiger partial charge in [0, 0.05) is 18.4 Å². The van der Waals surface area contributed by atoms with Gasteiger partial charge in [-0.1, -0.05) is 33.1 Å². The zero-order chi connectivity index (χ0) is 10.6. The number of hydrogen-bond acceptors (Lipinski definition) is 2. The molecular weight excluding hydrogens is 174 g/mol. The van der Waals surface area contributed by atoms with E-state index in [0.717, 1.165) is 18.8 Å². The lowest BCUT2D eigenvalue weighted by Gasteiger charge is -2.28. The fraction of sp³-hybridized carbons (Fsp3) is 0.917. The molecule has 2 heteroatoms. The van der Waals surface area contributed by atoms with Crippen LogP contribution < -0.4 is 5.73 Å². The molecule has 0 aliphatic heterocycles. The van der Waals surface area contributed by atoms with E-state index >= 15 is 0 Å². The Morgan fingerprint density at radius 3 is 2.79 bits per heavy atom. The largest absolute Gasteiger partial charge is 0.330 e. The number of carbonyl (C=O) groups is 1. The van der Waals surface area contributed by atoms with Crippen molar-refractivity contribution >= 4 is 5.78 Å². The molecule has 1 rings (SSSR count). The van der Waals surface area contributed by atoms with Crippen LogP contribution in [0.1, 0.15) is 46.0 Å². The third kappa shape index (κ3) is 2.81. The first-order valence-corrected chi connectivity index (χ1v) is 5.92. The molecule has 1 fully saturated rings. The molecule has 0 aromatic carbocycles. The molecule has 0 saturated heterocycles. The van der Waals surface area contributed by atoms with Crippen molar-refractivity contribution in [2.75, 3.05) is 6.54 Å². The summed E-state index contributed by atoms with van der Waals surface area (Å²) in [4.78, 5) is 11.9.